The van der Waals surface area contributed by atoms with Gasteiger partial charge in [-0.25, -0.2) is 0 Å². The highest BCUT2D eigenvalue weighted by molar-refractivity contribution is 5.79. The standard InChI is InChI=1S/C15H24N2O4/c1-11-10-13(15(19)21-11)16-4-2-12(3-5-16)14(18)17-6-8-20-9-7-17/h11-13H,2-10H2,1H3. The normalized spacial score (nSPS) is 32.2. The summed E-state index contributed by atoms with van der Waals surface area (Å²) in [4.78, 5) is 28.4. The SMILES string of the molecule is CC1CC(N2CCC(C(=O)N3CCOCC3)CC2)C(=O)O1. The van der Waals surface area contributed by atoms with Gasteiger partial charge in [-0.15, -0.1) is 0 Å². The molecule has 0 aromatic rings. The molecule has 6 heteroatoms. The Balaban J connectivity index is 1.50. The number of amides is 1. The average Bonchev–Trinajstić information content (AvgIpc) is 2.86. The lowest BCUT2D eigenvalue weighted by Gasteiger charge is -2.36. The van der Waals surface area contributed by atoms with Crippen LogP contribution in [0.3, 0.4) is 0 Å². The smallest absolute Gasteiger partial charge is 0.323 e. The van der Waals surface area contributed by atoms with E-state index in [0.717, 1.165) is 32.4 Å². The van der Waals surface area contributed by atoms with Crippen LogP contribution in [-0.2, 0) is 19.1 Å². The number of morpholine rings is 1. The van der Waals surface area contributed by atoms with Crippen molar-refractivity contribution < 1.29 is 19.1 Å². The Bertz CT molecular complexity index is 400. The summed E-state index contributed by atoms with van der Waals surface area (Å²) in [6.07, 6.45) is 2.49. The molecule has 3 fully saturated rings. The van der Waals surface area contributed by atoms with E-state index in [1.54, 1.807) is 0 Å². The molecule has 3 aliphatic rings. The van der Waals surface area contributed by atoms with Crippen molar-refractivity contribution in [3.05, 3.63) is 0 Å². The molecule has 0 aromatic heterocycles. The third-order valence-corrected chi connectivity index (χ3v) is 4.79. The molecule has 118 valence electrons. The van der Waals surface area contributed by atoms with E-state index in [1.165, 1.54) is 0 Å². The van der Waals surface area contributed by atoms with Crippen molar-refractivity contribution in [1.29, 1.82) is 0 Å². The van der Waals surface area contributed by atoms with Crippen LogP contribution in [0.2, 0.25) is 0 Å². The predicted octanol–water partition coefficient (Wildman–Crippen LogP) is 0.261. The minimum Gasteiger partial charge on any atom is -0.461 e. The molecule has 0 N–H and O–H groups in total. The fourth-order valence-corrected chi connectivity index (χ4v) is 3.53. The fraction of sp³-hybridized carbons (Fsp3) is 0.867. The number of ether oxygens (including phenoxy) is 2. The van der Waals surface area contributed by atoms with Crippen molar-refractivity contribution in [2.75, 3.05) is 39.4 Å². The van der Waals surface area contributed by atoms with Gasteiger partial charge in [-0.3, -0.25) is 14.5 Å². The zero-order valence-electron chi connectivity index (χ0n) is 12.6. The van der Waals surface area contributed by atoms with Crippen LogP contribution < -0.4 is 0 Å². The Morgan fingerprint density at radius 3 is 2.38 bits per heavy atom. The highest BCUT2D eigenvalue weighted by Crippen LogP contribution is 2.26. The number of carbonyl (C=O) groups excluding carboxylic acids is 2. The molecular weight excluding hydrogens is 272 g/mol. The maximum atomic E-state index is 12.5. The minimum absolute atomic E-state index is 0.0233. The van der Waals surface area contributed by atoms with E-state index >= 15 is 0 Å². The lowest BCUT2D eigenvalue weighted by Crippen LogP contribution is -2.49. The largest absolute Gasteiger partial charge is 0.461 e. The Morgan fingerprint density at radius 1 is 1.14 bits per heavy atom. The van der Waals surface area contributed by atoms with Crippen molar-refractivity contribution >= 4 is 11.9 Å². The molecule has 2 atom stereocenters. The van der Waals surface area contributed by atoms with Crippen molar-refractivity contribution in [2.24, 2.45) is 5.92 Å². The first-order chi connectivity index (χ1) is 10.1. The van der Waals surface area contributed by atoms with E-state index in [9.17, 15) is 9.59 Å². The van der Waals surface area contributed by atoms with E-state index in [2.05, 4.69) is 4.90 Å². The van der Waals surface area contributed by atoms with Crippen molar-refractivity contribution in [3.63, 3.8) is 0 Å². The molecule has 6 nitrogen and oxygen atoms in total. The summed E-state index contributed by atoms with van der Waals surface area (Å²) < 4.78 is 10.5. The Kier molecular flexibility index (Phi) is 4.45. The highest BCUT2D eigenvalue weighted by Gasteiger charge is 2.39. The molecule has 2 unspecified atom stereocenters. The number of hydrogen-bond acceptors (Lipinski definition) is 5. The molecule has 0 radical (unpaired) electrons. The van der Waals surface area contributed by atoms with Gasteiger partial charge in [0.2, 0.25) is 5.91 Å². The van der Waals surface area contributed by atoms with Crippen LogP contribution in [0.15, 0.2) is 0 Å². The van der Waals surface area contributed by atoms with Crippen molar-refractivity contribution in [3.8, 4) is 0 Å². The second kappa shape index (κ2) is 6.32. The van der Waals surface area contributed by atoms with Crippen LogP contribution in [0.1, 0.15) is 26.2 Å². The second-order valence-corrected chi connectivity index (χ2v) is 6.25. The molecule has 0 bridgehead atoms. The van der Waals surface area contributed by atoms with Crippen LogP contribution in [0.25, 0.3) is 0 Å². The number of nitrogens with zero attached hydrogens (tertiary/aromatic N) is 2. The van der Waals surface area contributed by atoms with E-state index < -0.39 is 0 Å². The predicted molar refractivity (Wildman–Crippen MR) is 75.7 cm³/mol. The topological polar surface area (TPSA) is 59.1 Å². The third kappa shape index (κ3) is 3.21. The first-order valence-electron chi connectivity index (χ1n) is 7.96. The quantitative estimate of drug-likeness (QED) is 0.684. The number of rotatable bonds is 2. The van der Waals surface area contributed by atoms with Crippen LogP contribution in [0.4, 0.5) is 0 Å². The summed E-state index contributed by atoms with van der Waals surface area (Å²) >= 11 is 0. The van der Waals surface area contributed by atoms with Crippen LogP contribution in [-0.4, -0.2) is 73.2 Å². The Hall–Kier alpha value is -1.14. The number of likely N-dealkylation sites (tertiary alicyclic amines) is 1. The molecule has 1 amide bonds. The molecule has 0 aromatic carbocycles. The minimum atomic E-state index is -0.0977. The highest BCUT2D eigenvalue weighted by atomic mass is 16.6. The number of carbonyl (C=O) groups is 2. The van der Waals surface area contributed by atoms with Gasteiger partial charge in [0.15, 0.2) is 0 Å². The van der Waals surface area contributed by atoms with Crippen LogP contribution in [0.5, 0.6) is 0 Å². The summed E-state index contributed by atoms with van der Waals surface area (Å²) in [6, 6.07) is -0.0977. The first kappa shape index (κ1) is 14.8. The summed E-state index contributed by atoms with van der Waals surface area (Å²) in [6.45, 7) is 6.29. The Labute approximate surface area is 125 Å². The number of cyclic esters (lactones) is 1. The second-order valence-electron chi connectivity index (χ2n) is 6.25. The van der Waals surface area contributed by atoms with Crippen LogP contribution in [0, 0.1) is 5.92 Å². The van der Waals surface area contributed by atoms with Crippen LogP contribution >= 0.6 is 0 Å². The van der Waals surface area contributed by atoms with Crippen molar-refractivity contribution in [2.45, 2.75) is 38.3 Å². The summed E-state index contributed by atoms with van der Waals surface area (Å²) in [5.74, 6) is 0.273. The number of esters is 1. The molecule has 21 heavy (non-hydrogen) atoms. The fourth-order valence-electron chi connectivity index (χ4n) is 3.53. The van der Waals surface area contributed by atoms with Gasteiger partial charge < -0.3 is 14.4 Å². The van der Waals surface area contributed by atoms with E-state index in [0.29, 0.717) is 26.3 Å². The van der Waals surface area contributed by atoms with Crippen molar-refractivity contribution in [1.82, 2.24) is 9.80 Å². The zero-order chi connectivity index (χ0) is 14.8. The maximum Gasteiger partial charge on any atom is 0.323 e. The lowest BCUT2D eigenvalue weighted by atomic mass is 9.93. The van der Waals surface area contributed by atoms with Gasteiger partial charge in [0.05, 0.1) is 13.2 Å². The summed E-state index contributed by atoms with van der Waals surface area (Å²) in [5, 5.41) is 0. The molecular formula is C15H24N2O4. The maximum absolute atomic E-state index is 12.5. The van der Waals surface area contributed by atoms with E-state index in [1.807, 2.05) is 11.8 Å². The molecule has 3 rings (SSSR count). The van der Waals surface area contributed by atoms with Gasteiger partial charge in [-0.1, -0.05) is 0 Å². The zero-order valence-corrected chi connectivity index (χ0v) is 12.6. The molecule has 0 aliphatic carbocycles. The van der Waals surface area contributed by atoms with Gasteiger partial charge in [0, 0.05) is 25.4 Å². The van der Waals surface area contributed by atoms with Gasteiger partial charge in [0.1, 0.15) is 12.1 Å². The van der Waals surface area contributed by atoms with E-state index in [4.69, 9.17) is 9.47 Å². The summed E-state index contributed by atoms with van der Waals surface area (Å²) in [5.41, 5.74) is 0. The summed E-state index contributed by atoms with van der Waals surface area (Å²) in [7, 11) is 0. The molecule has 3 saturated heterocycles. The van der Waals surface area contributed by atoms with Gasteiger partial charge in [-0.2, -0.15) is 0 Å². The van der Waals surface area contributed by atoms with Gasteiger partial charge in [0.25, 0.3) is 0 Å². The van der Waals surface area contributed by atoms with Gasteiger partial charge in [-0.05, 0) is 32.9 Å². The third-order valence-electron chi connectivity index (χ3n) is 4.79. The Morgan fingerprint density at radius 2 is 1.81 bits per heavy atom. The molecule has 0 spiro atoms. The average molecular weight is 296 g/mol. The molecule has 0 saturated carbocycles. The first-order valence-corrected chi connectivity index (χ1v) is 7.96. The number of piperidine rings is 1. The van der Waals surface area contributed by atoms with Gasteiger partial charge >= 0.3 is 5.97 Å². The van der Waals surface area contributed by atoms with E-state index in [-0.39, 0.29) is 29.9 Å². The molecule has 3 aliphatic heterocycles. The lowest BCUT2D eigenvalue weighted by molar-refractivity contribution is -0.145. The monoisotopic (exact) mass is 296 g/mol. The number of hydrogen-bond donors (Lipinski definition) is 0. The molecule has 3 heterocycles.